The summed E-state index contributed by atoms with van der Waals surface area (Å²) in [6.45, 7) is 0. The second-order valence-electron chi connectivity index (χ2n) is 4.29. The maximum absolute atomic E-state index is 10.6. The van der Waals surface area contributed by atoms with Gasteiger partial charge in [-0.05, 0) is 36.4 Å². The van der Waals surface area contributed by atoms with Crippen LogP contribution in [0.1, 0.15) is 10.4 Å². The first kappa shape index (κ1) is 14.5. The molecular weight excluding hydrogens is 264 g/mol. The average molecular weight is 280 g/mol. The number of carbonyl (C=O) groups excluding carboxylic acids is 1. The van der Waals surface area contributed by atoms with Gasteiger partial charge in [-0.3, -0.25) is 9.78 Å². The summed E-state index contributed by atoms with van der Waals surface area (Å²) in [6, 6.07) is 18.7. The molecule has 0 unspecified atom stereocenters. The number of nitrogens with two attached hydrogens (primary N) is 1. The van der Waals surface area contributed by atoms with Crippen LogP contribution in [0.4, 0.5) is 0 Å². The summed E-state index contributed by atoms with van der Waals surface area (Å²) < 4.78 is 4.90. The Kier molecular flexibility index (Phi) is 4.88. The van der Waals surface area contributed by atoms with E-state index in [0.29, 0.717) is 5.56 Å². The minimum Gasteiger partial charge on any atom is -0.497 e. The lowest BCUT2D eigenvalue weighted by molar-refractivity contribution is 0.100. The summed E-state index contributed by atoms with van der Waals surface area (Å²) >= 11 is 0. The van der Waals surface area contributed by atoms with Crippen LogP contribution in [-0.2, 0) is 0 Å². The summed E-state index contributed by atoms with van der Waals surface area (Å²) in [5.74, 6) is 0.294. The second-order valence-corrected chi connectivity index (χ2v) is 4.29. The highest BCUT2D eigenvalue weighted by atomic mass is 16.5. The van der Waals surface area contributed by atoms with Crippen LogP contribution >= 0.6 is 0 Å². The Hall–Kier alpha value is -2.88. The molecule has 1 aromatic heterocycles. The molecule has 0 aliphatic rings. The minimum atomic E-state index is -0.423. The fourth-order valence-electron chi connectivity index (χ4n) is 1.77. The number of primary amides is 1. The van der Waals surface area contributed by atoms with Crippen molar-refractivity contribution in [2.24, 2.45) is 5.73 Å². The lowest BCUT2D eigenvalue weighted by Gasteiger charge is -1.98. The Balaban J connectivity index is 0.000000154. The first-order valence-corrected chi connectivity index (χ1v) is 6.44. The van der Waals surface area contributed by atoms with Crippen molar-refractivity contribution in [3.8, 4) is 5.75 Å². The molecule has 3 aromatic rings. The molecule has 0 atom stereocenters. The van der Waals surface area contributed by atoms with Gasteiger partial charge in [0.15, 0.2) is 0 Å². The molecule has 3 rings (SSSR count). The molecule has 106 valence electrons. The van der Waals surface area contributed by atoms with Crippen LogP contribution in [0.25, 0.3) is 10.9 Å². The highest BCUT2D eigenvalue weighted by molar-refractivity contribution is 5.92. The van der Waals surface area contributed by atoms with E-state index in [4.69, 9.17) is 10.5 Å². The molecule has 0 saturated heterocycles. The van der Waals surface area contributed by atoms with Crippen LogP contribution in [0.3, 0.4) is 0 Å². The van der Waals surface area contributed by atoms with Crippen molar-refractivity contribution in [1.29, 1.82) is 0 Å². The summed E-state index contributed by atoms with van der Waals surface area (Å²) in [5.41, 5.74) is 6.58. The van der Waals surface area contributed by atoms with Gasteiger partial charge in [0.1, 0.15) is 5.75 Å². The zero-order valence-electron chi connectivity index (χ0n) is 11.7. The van der Waals surface area contributed by atoms with Crippen molar-refractivity contribution in [2.75, 3.05) is 7.11 Å². The van der Waals surface area contributed by atoms with E-state index in [-0.39, 0.29) is 0 Å². The molecule has 1 heterocycles. The molecule has 0 saturated carbocycles. The van der Waals surface area contributed by atoms with Crippen molar-refractivity contribution >= 4 is 16.8 Å². The number of ether oxygens (including phenoxy) is 1. The van der Waals surface area contributed by atoms with Crippen LogP contribution in [0.15, 0.2) is 66.9 Å². The van der Waals surface area contributed by atoms with Gasteiger partial charge in [-0.1, -0.05) is 24.3 Å². The van der Waals surface area contributed by atoms with Crippen LogP contribution in [-0.4, -0.2) is 18.0 Å². The number of fused-ring (bicyclic) bond motifs is 1. The van der Waals surface area contributed by atoms with Crippen molar-refractivity contribution in [3.63, 3.8) is 0 Å². The zero-order chi connectivity index (χ0) is 15.1. The molecule has 0 bridgehead atoms. The molecule has 0 fully saturated rings. The van der Waals surface area contributed by atoms with Crippen LogP contribution in [0, 0.1) is 0 Å². The third-order valence-electron chi connectivity index (χ3n) is 2.89. The number of benzene rings is 2. The van der Waals surface area contributed by atoms with Gasteiger partial charge >= 0.3 is 0 Å². The number of hydrogen-bond donors (Lipinski definition) is 1. The molecule has 4 heteroatoms. The standard InChI is InChI=1S/C9H7N.C8H9NO2/c1-2-6-9-8(4-1)5-3-7-10-9;1-11-7-4-2-6(3-5-7)8(9)10/h1-7H;2-5H,1H3,(H2,9,10). The number of rotatable bonds is 2. The van der Waals surface area contributed by atoms with Gasteiger partial charge in [0, 0.05) is 17.1 Å². The Morgan fingerprint density at radius 2 is 1.67 bits per heavy atom. The Morgan fingerprint density at radius 3 is 2.29 bits per heavy atom. The number of carbonyl (C=O) groups is 1. The fourth-order valence-corrected chi connectivity index (χ4v) is 1.77. The van der Waals surface area contributed by atoms with Gasteiger partial charge in [0.25, 0.3) is 0 Å². The van der Waals surface area contributed by atoms with Crippen LogP contribution in [0.5, 0.6) is 5.75 Å². The van der Waals surface area contributed by atoms with E-state index in [1.54, 1.807) is 31.4 Å². The SMILES string of the molecule is COc1ccc(C(N)=O)cc1.c1ccc2ncccc2c1. The Bertz CT molecular complexity index is 659. The predicted octanol–water partition coefficient (Wildman–Crippen LogP) is 3.03. The second kappa shape index (κ2) is 7.05. The van der Waals surface area contributed by atoms with Gasteiger partial charge in [0.2, 0.25) is 5.91 Å². The molecule has 0 radical (unpaired) electrons. The summed E-state index contributed by atoms with van der Waals surface area (Å²) in [4.78, 5) is 14.8. The summed E-state index contributed by atoms with van der Waals surface area (Å²) in [7, 11) is 1.57. The smallest absolute Gasteiger partial charge is 0.248 e. The first-order chi connectivity index (χ1) is 10.2. The number of para-hydroxylation sites is 1. The number of pyridine rings is 1. The van der Waals surface area contributed by atoms with Gasteiger partial charge in [0.05, 0.1) is 12.6 Å². The van der Waals surface area contributed by atoms with Crippen LogP contribution < -0.4 is 10.5 Å². The van der Waals surface area contributed by atoms with Crippen LogP contribution in [0.2, 0.25) is 0 Å². The number of hydrogen-bond acceptors (Lipinski definition) is 3. The van der Waals surface area contributed by atoms with E-state index >= 15 is 0 Å². The van der Waals surface area contributed by atoms with Gasteiger partial charge in [-0.15, -0.1) is 0 Å². The maximum Gasteiger partial charge on any atom is 0.248 e. The molecule has 4 nitrogen and oxygen atoms in total. The molecule has 21 heavy (non-hydrogen) atoms. The van der Waals surface area contributed by atoms with E-state index in [1.807, 2.05) is 30.5 Å². The highest BCUT2D eigenvalue weighted by Crippen LogP contribution is 2.10. The largest absolute Gasteiger partial charge is 0.497 e. The van der Waals surface area contributed by atoms with E-state index in [0.717, 1.165) is 11.3 Å². The third kappa shape index (κ3) is 4.04. The lowest BCUT2D eigenvalue weighted by atomic mass is 10.2. The lowest BCUT2D eigenvalue weighted by Crippen LogP contribution is -2.10. The molecule has 2 N–H and O–H groups in total. The first-order valence-electron chi connectivity index (χ1n) is 6.44. The highest BCUT2D eigenvalue weighted by Gasteiger charge is 1.98. The average Bonchev–Trinajstić information content (AvgIpc) is 2.55. The number of aromatic nitrogens is 1. The van der Waals surface area contributed by atoms with Crippen molar-refractivity contribution in [1.82, 2.24) is 4.98 Å². The van der Waals surface area contributed by atoms with Crippen molar-refractivity contribution in [2.45, 2.75) is 0 Å². The molecular formula is C17H16N2O2. The molecule has 0 aliphatic carbocycles. The van der Waals surface area contributed by atoms with E-state index in [1.165, 1.54) is 5.39 Å². The molecule has 0 aliphatic heterocycles. The van der Waals surface area contributed by atoms with Crippen molar-refractivity contribution < 1.29 is 9.53 Å². The van der Waals surface area contributed by atoms with Gasteiger partial charge < -0.3 is 10.5 Å². The van der Waals surface area contributed by atoms with E-state index in [9.17, 15) is 4.79 Å². The van der Waals surface area contributed by atoms with E-state index < -0.39 is 5.91 Å². The predicted molar refractivity (Wildman–Crippen MR) is 83.3 cm³/mol. The monoisotopic (exact) mass is 280 g/mol. The van der Waals surface area contributed by atoms with E-state index in [2.05, 4.69) is 17.1 Å². The number of methoxy groups -OCH3 is 1. The number of amides is 1. The topological polar surface area (TPSA) is 65.2 Å². The number of nitrogens with zero attached hydrogens (tertiary/aromatic N) is 1. The molecule has 1 amide bonds. The maximum atomic E-state index is 10.6. The van der Waals surface area contributed by atoms with Crippen molar-refractivity contribution in [3.05, 3.63) is 72.4 Å². The zero-order valence-corrected chi connectivity index (χ0v) is 11.7. The molecule has 2 aromatic carbocycles. The third-order valence-corrected chi connectivity index (χ3v) is 2.89. The quantitative estimate of drug-likeness (QED) is 0.784. The minimum absolute atomic E-state index is 0.423. The normalized spacial score (nSPS) is 9.57. The van der Waals surface area contributed by atoms with Gasteiger partial charge in [-0.2, -0.15) is 0 Å². The summed E-state index contributed by atoms with van der Waals surface area (Å²) in [5, 5.41) is 1.20. The van der Waals surface area contributed by atoms with Gasteiger partial charge in [-0.25, -0.2) is 0 Å². The Morgan fingerprint density at radius 1 is 1.00 bits per heavy atom. The Labute approximate surface area is 123 Å². The fraction of sp³-hybridized carbons (Fsp3) is 0.0588. The summed E-state index contributed by atoms with van der Waals surface area (Å²) in [6.07, 6.45) is 1.81. The molecule has 0 spiro atoms.